The SMILES string of the molecule is CCS(=O)(=O)N1CC(c2nc(C)no2)C2(CN(C(=O)c3ccc(OC)nc3)C2)C1. The van der Waals surface area contributed by atoms with Crippen molar-refractivity contribution in [3.8, 4) is 5.88 Å². The number of methoxy groups -OCH3 is 1. The van der Waals surface area contributed by atoms with Crippen LogP contribution in [0.3, 0.4) is 0 Å². The Morgan fingerprint density at radius 1 is 1.34 bits per heavy atom. The van der Waals surface area contributed by atoms with E-state index < -0.39 is 15.4 Å². The van der Waals surface area contributed by atoms with E-state index in [-0.39, 0.29) is 24.1 Å². The molecule has 11 heteroatoms. The average molecular weight is 421 g/mol. The van der Waals surface area contributed by atoms with Crippen molar-refractivity contribution in [3.63, 3.8) is 0 Å². The Morgan fingerprint density at radius 3 is 2.66 bits per heavy atom. The van der Waals surface area contributed by atoms with Gasteiger partial charge in [0.15, 0.2) is 5.82 Å². The molecule has 4 rings (SSSR count). The zero-order valence-electron chi connectivity index (χ0n) is 16.5. The van der Waals surface area contributed by atoms with Gasteiger partial charge in [-0.25, -0.2) is 17.7 Å². The van der Waals surface area contributed by atoms with Gasteiger partial charge in [-0.2, -0.15) is 4.98 Å². The molecule has 0 N–H and O–H groups in total. The minimum absolute atomic E-state index is 0.0266. The number of sulfonamides is 1. The summed E-state index contributed by atoms with van der Waals surface area (Å²) in [7, 11) is -1.85. The van der Waals surface area contributed by atoms with Crippen molar-refractivity contribution in [1.82, 2.24) is 24.3 Å². The molecule has 10 nitrogen and oxygen atoms in total. The second-order valence-corrected chi connectivity index (χ2v) is 9.80. The third kappa shape index (κ3) is 3.38. The van der Waals surface area contributed by atoms with Crippen molar-refractivity contribution in [3.05, 3.63) is 35.6 Å². The number of carbonyl (C=O) groups excluding carboxylic acids is 1. The largest absolute Gasteiger partial charge is 0.481 e. The smallest absolute Gasteiger partial charge is 0.255 e. The Kier molecular flexibility index (Phi) is 4.82. The second-order valence-electron chi connectivity index (χ2n) is 7.54. The third-order valence-electron chi connectivity index (χ3n) is 5.71. The number of rotatable bonds is 5. The molecule has 29 heavy (non-hydrogen) atoms. The lowest BCUT2D eigenvalue weighted by Gasteiger charge is -2.50. The number of aromatic nitrogens is 3. The lowest BCUT2D eigenvalue weighted by molar-refractivity contribution is 0.00127. The molecule has 1 amide bonds. The predicted octanol–water partition coefficient (Wildman–Crippen LogP) is 0.673. The molecule has 156 valence electrons. The molecule has 0 saturated carbocycles. The first kappa shape index (κ1) is 19.8. The van der Waals surface area contributed by atoms with Crippen LogP contribution < -0.4 is 4.74 Å². The first-order valence-electron chi connectivity index (χ1n) is 9.35. The normalized spacial score (nSPS) is 21.3. The van der Waals surface area contributed by atoms with Crippen LogP contribution in [-0.2, 0) is 10.0 Å². The summed E-state index contributed by atoms with van der Waals surface area (Å²) in [6.07, 6.45) is 1.48. The van der Waals surface area contributed by atoms with Gasteiger partial charge < -0.3 is 14.2 Å². The number of hydrogen-bond donors (Lipinski definition) is 0. The summed E-state index contributed by atoms with van der Waals surface area (Å²) < 4.78 is 36.8. The van der Waals surface area contributed by atoms with Gasteiger partial charge in [0, 0.05) is 43.9 Å². The Hall–Kier alpha value is -2.53. The molecule has 1 unspecified atom stereocenters. The quantitative estimate of drug-likeness (QED) is 0.691. The molecule has 0 bridgehead atoms. The summed E-state index contributed by atoms with van der Waals surface area (Å²) in [4.78, 5) is 22.9. The summed E-state index contributed by atoms with van der Waals surface area (Å²) in [6, 6.07) is 3.30. The Labute approximate surface area is 168 Å². The highest BCUT2D eigenvalue weighted by Crippen LogP contribution is 2.49. The van der Waals surface area contributed by atoms with Gasteiger partial charge in [-0.1, -0.05) is 5.16 Å². The molecule has 0 aromatic carbocycles. The van der Waals surface area contributed by atoms with Gasteiger partial charge in [0.25, 0.3) is 5.91 Å². The van der Waals surface area contributed by atoms with Crippen molar-refractivity contribution in [1.29, 1.82) is 0 Å². The first-order valence-corrected chi connectivity index (χ1v) is 11.0. The summed E-state index contributed by atoms with van der Waals surface area (Å²) >= 11 is 0. The van der Waals surface area contributed by atoms with Gasteiger partial charge in [-0.15, -0.1) is 0 Å². The molecule has 0 aliphatic carbocycles. The molecule has 2 aliphatic heterocycles. The summed E-state index contributed by atoms with van der Waals surface area (Å²) in [5, 5.41) is 3.86. The van der Waals surface area contributed by atoms with E-state index in [0.29, 0.717) is 42.8 Å². The second kappa shape index (κ2) is 7.06. The number of aryl methyl sites for hydroxylation is 1. The zero-order valence-corrected chi connectivity index (χ0v) is 17.3. The fraction of sp³-hybridized carbons (Fsp3) is 0.556. The van der Waals surface area contributed by atoms with E-state index in [1.54, 1.807) is 30.9 Å². The van der Waals surface area contributed by atoms with Crippen LogP contribution in [0.25, 0.3) is 0 Å². The molecule has 2 aromatic rings. The highest BCUT2D eigenvalue weighted by molar-refractivity contribution is 7.89. The molecule has 0 radical (unpaired) electrons. The Bertz CT molecular complexity index is 1010. The van der Waals surface area contributed by atoms with Crippen molar-refractivity contribution in [2.45, 2.75) is 19.8 Å². The maximum Gasteiger partial charge on any atom is 0.255 e. The van der Waals surface area contributed by atoms with Crippen molar-refractivity contribution >= 4 is 15.9 Å². The number of ether oxygens (including phenoxy) is 1. The molecule has 2 fully saturated rings. The molecule has 2 aromatic heterocycles. The lowest BCUT2D eigenvalue weighted by atomic mass is 9.71. The van der Waals surface area contributed by atoms with E-state index in [1.807, 2.05) is 0 Å². The Balaban J connectivity index is 1.56. The lowest BCUT2D eigenvalue weighted by Crippen LogP contribution is -2.61. The van der Waals surface area contributed by atoms with Crippen LogP contribution in [0.4, 0.5) is 0 Å². The zero-order chi connectivity index (χ0) is 20.8. The van der Waals surface area contributed by atoms with Gasteiger partial charge in [0.1, 0.15) is 0 Å². The third-order valence-corrected chi connectivity index (χ3v) is 7.50. The van der Waals surface area contributed by atoms with E-state index in [0.717, 1.165) is 0 Å². The fourth-order valence-electron chi connectivity index (χ4n) is 4.10. The Morgan fingerprint density at radius 2 is 2.10 bits per heavy atom. The summed E-state index contributed by atoms with van der Waals surface area (Å²) in [5.41, 5.74) is 0.0263. The van der Waals surface area contributed by atoms with Crippen molar-refractivity contribution in [2.24, 2.45) is 5.41 Å². The summed E-state index contributed by atoms with van der Waals surface area (Å²) in [5.74, 6) is 0.993. The maximum absolute atomic E-state index is 12.8. The summed E-state index contributed by atoms with van der Waals surface area (Å²) in [6.45, 7) is 4.80. The highest BCUT2D eigenvalue weighted by Gasteiger charge is 2.59. The van der Waals surface area contributed by atoms with E-state index in [9.17, 15) is 13.2 Å². The topological polar surface area (TPSA) is 119 Å². The van der Waals surface area contributed by atoms with E-state index in [4.69, 9.17) is 9.26 Å². The van der Waals surface area contributed by atoms with Gasteiger partial charge in [0.2, 0.25) is 21.8 Å². The first-order chi connectivity index (χ1) is 13.8. The number of hydrogen-bond acceptors (Lipinski definition) is 8. The van der Waals surface area contributed by atoms with Crippen LogP contribution in [0.1, 0.15) is 34.9 Å². The molecular formula is C18H23N5O5S. The number of nitrogens with zero attached hydrogens (tertiary/aromatic N) is 5. The minimum atomic E-state index is -3.36. The van der Waals surface area contributed by atoms with E-state index in [1.165, 1.54) is 17.6 Å². The fourth-order valence-corrected chi connectivity index (χ4v) is 5.30. The van der Waals surface area contributed by atoms with Crippen LogP contribution in [0, 0.1) is 12.3 Å². The van der Waals surface area contributed by atoms with Gasteiger partial charge >= 0.3 is 0 Å². The molecule has 1 atom stereocenters. The van der Waals surface area contributed by atoms with Gasteiger partial charge in [-0.05, 0) is 19.9 Å². The molecular weight excluding hydrogens is 398 g/mol. The minimum Gasteiger partial charge on any atom is -0.481 e. The highest BCUT2D eigenvalue weighted by atomic mass is 32.2. The van der Waals surface area contributed by atoms with Crippen LogP contribution >= 0.6 is 0 Å². The molecule has 1 spiro atoms. The van der Waals surface area contributed by atoms with E-state index >= 15 is 0 Å². The van der Waals surface area contributed by atoms with Gasteiger partial charge in [-0.3, -0.25) is 4.79 Å². The van der Waals surface area contributed by atoms with Crippen LogP contribution in [-0.4, -0.2) is 77.7 Å². The average Bonchev–Trinajstić information content (AvgIpc) is 3.30. The van der Waals surface area contributed by atoms with Crippen molar-refractivity contribution < 1.29 is 22.5 Å². The van der Waals surface area contributed by atoms with Crippen LogP contribution in [0.5, 0.6) is 5.88 Å². The molecule has 4 heterocycles. The number of amides is 1. The maximum atomic E-state index is 12.8. The van der Waals surface area contributed by atoms with Crippen LogP contribution in [0.15, 0.2) is 22.9 Å². The molecule has 2 saturated heterocycles. The standard InChI is InChI=1S/C18H23N5O5S/c1-4-29(25,26)23-8-14(16-20-12(2)21-28-16)18(11-23)9-22(10-18)17(24)13-5-6-15(27-3)19-7-13/h5-7,14H,4,8-11H2,1-3H3. The molecule has 2 aliphatic rings. The van der Waals surface area contributed by atoms with Crippen LogP contribution in [0.2, 0.25) is 0 Å². The number of likely N-dealkylation sites (tertiary alicyclic amines) is 1. The number of pyridine rings is 1. The van der Waals surface area contributed by atoms with Crippen molar-refractivity contribution in [2.75, 3.05) is 39.0 Å². The predicted molar refractivity (Wildman–Crippen MR) is 102 cm³/mol. The number of carbonyl (C=O) groups is 1. The van der Waals surface area contributed by atoms with Gasteiger partial charge in [0.05, 0.1) is 24.3 Å². The monoisotopic (exact) mass is 421 g/mol. The van der Waals surface area contributed by atoms with E-state index in [2.05, 4.69) is 15.1 Å².